The molecule has 1 aliphatic heterocycles. The van der Waals surface area contributed by atoms with Crippen LogP contribution >= 0.6 is 0 Å². The number of carbonyl (C=O) groups is 1. The van der Waals surface area contributed by atoms with E-state index >= 15 is 0 Å². The summed E-state index contributed by atoms with van der Waals surface area (Å²) in [5.74, 6) is 2.30. The Morgan fingerprint density at radius 3 is 2.64 bits per heavy atom. The van der Waals surface area contributed by atoms with Gasteiger partial charge in [-0.2, -0.15) is 0 Å². The van der Waals surface area contributed by atoms with Crippen LogP contribution < -0.4 is 10.1 Å². The minimum atomic E-state index is 0.0142. The van der Waals surface area contributed by atoms with Gasteiger partial charge in [-0.15, -0.1) is 10.2 Å². The first-order valence-electron chi connectivity index (χ1n) is 8.73. The first-order valence-corrected chi connectivity index (χ1v) is 8.73. The van der Waals surface area contributed by atoms with Crippen molar-refractivity contribution in [2.75, 3.05) is 32.1 Å². The Morgan fingerprint density at radius 1 is 1.28 bits per heavy atom. The van der Waals surface area contributed by atoms with Crippen LogP contribution in [-0.2, 0) is 11.3 Å². The maximum absolute atomic E-state index is 12.2. The number of methoxy groups -OCH3 is 1. The van der Waals surface area contributed by atoms with E-state index in [0.717, 1.165) is 49.7 Å². The average Bonchev–Trinajstić information content (AvgIpc) is 3.11. The molecule has 2 aromatic rings. The predicted molar refractivity (Wildman–Crippen MR) is 95.7 cm³/mol. The van der Waals surface area contributed by atoms with Crippen LogP contribution in [0.25, 0.3) is 0 Å². The summed E-state index contributed by atoms with van der Waals surface area (Å²) in [6.45, 7) is 5.21. The number of hydrogen-bond acceptors (Lipinski definition) is 5. The van der Waals surface area contributed by atoms with E-state index in [1.54, 1.807) is 13.4 Å². The summed E-state index contributed by atoms with van der Waals surface area (Å²) >= 11 is 0. The van der Waals surface area contributed by atoms with Gasteiger partial charge in [0.2, 0.25) is 5.91 Å². The van der Waals surface area contributed by atoms with Crippen LogP contribution in [0.3, 0.4) is 0 Å². The van der Waals surface area contributed by atoms with Crippen molar-refractivity contribution in [3.63, 3.8) is 0 Å². The van der Waals surface area contributed by atoms with E-state index in [9.17, 15) is 4.79 Å². The zero-order valence-corrected chi connectivity index (χ0v) is 14.8. The van der Waals surface area contributed by atoms with Gasteiger partial charge in [-0.25, -0.2) is 0 Å². The largest absolute Gasteiger partial charge is 0.497 e. The van der Waals surface area contributed by atoms with E-state index in [1.807, 2.05) is 24.3 Å². The van der Waals surface area contributed by atoms with Crippen molar-refractivity contribution in [1.82, 2.24) is 19.7 Å². The summed E-state index contributed by atoms with van der Waals surface area (Å²) < 4.78 is 7.23. The molecule has 1 saturated heterocycles. The van der Waals surface area contributed by atoms with Crippen LogP contribution in [0.1, 0.15) is 31.5 Å². The Kier molecular flexibility index (Phi) is 5.65. The fourth-order valence-corrected chi connectivity index (χ4v) is 3.25. The second-order valence-corrected chi connectivity index (χ2v) is 6.30. The highest BCUT2D eigenvalue weighted by Crippen LogP contribution is 2.26. The number of rotatable bonds is 6. The summed E-state index contributed by atoms with van der Waals surface area (Å²) in [6, 6.07) is 7.37. The van der Waals surface area contributed by atoms with Gasteiger partial charge >= 0.3 is 0 Å². The number of benzene rings is 1. The number of hydrogen-bond donors (Lipinski definition) is 1. The first kappa shape index (κ1) is 17.4. The van der Waals surface area contributed by atoms with E-state index in [1.165, 1.54) is 0 Å². The molecule has 0 atom stereocenters. The van der Waals surface area contributed by atoms with Crippen LogP contribution in [-0.4, -0.2) is 52.3 Å². The van der Waals surface area contributed by atoms with E-state index in [-0.39, 0.29) is 5.91 Å². The average molecular weight is 343 g/mol. The molecule has 0 bridgehead atoms. The molecule has 1 fully saturated rings. The van der Waals surface area contributed by atoms with Crippen LogP contribution in [0.4, 0.5) is 5.69 Å². The summed E-state index contributed by atoms with van der Waals surface area (Å²) in [5.41, 5.74) is 0.789. The molecule has 0 unspecified atom stereocenters. The highest BCUT2D eigenvalue weighted by molar-refractivity contribution is 5.92. The van der Waals surface area contributed by atoms with E-state index in [2.05, 4.69) is 31.9 Å². The lowest BCUT2D eigenvalue weighted by Gasteiger charge is -2.31. The Morgan fingerprint density at radius 2 is 2.00 bits per heavy atom. The molecule has 0 saturated carbocycles. The number of piperidine rings is 1. The van der Waals surface area contributed by atoms with Crippen molar-refractivity contribution in [2.24, 2.45) is 0 Å². The highest BCUT2D eigenvalue weighted by Gasteiger charge is 2.25. The molecule has 7 heteroatoms. The lowest BCUT2D eigenvalue weighted by molar-refractivity contribution is -0.117. The number of ether oxygens (including phenoxy) is 1. The Balaban J connectivity index is 1.47. The Hall–Kier alpha value is -2.41. The van der Waals surface area contributed by atoms with Gasteiger partial charge in [0.1, 0.15) is 17.9 Å². The molecule has 1 aliphatic rings. The smallest absolute Gasteiger partial charge is 0.238 e. The van der Waals surface area contributed by atoms with Crippen molar-refractivity contribution in [2.45, 2.75) is 32.2 Å². The molecule has 25 heavy (non-hydrogen) atoms. The van der Waals surface area contributed by atoms with Crippen LogP contribution in [0.5, 0.6) is 5.75 Å². The summed E-state index contributed by atoms with van der Waals surface area (Å²) in [5, 5.41) is 11.2. The zero-order chi connectivity index (χ0) is 17.6. The molecule has 0 spiro atoms. The molecule has 2 heterocycles. The summed E-state index contributed by atoms with van der Waals surface area (Å²) in [4.78, 5) is 14.4. The topological polar surface area (TPSA) is 72.3 Å². The second kappa shape index (κ2) is 8.11. The second-order valence-electron chi connectivity index (χ2n) is 6.30. The number of nitrogens with one attached hydrogen (secondary N) is 1. The van der Waals surface area contributed by atoms with Crippen molar-refractivity contribution >= 4 is 11.6 Å². The number of carbonyl (C=O) groups excluding carboxylic acids is 1. The van der Waals surface area contributed by atoms with Gasteiger partial charge in [0.25, 0.3) is 0 Å². The van der Waals surface area contributed by atoms with Gasteiger partial charge in [0.15, 0.2) is 0 Å². The van der Waals surface area contributed by atoms with Crippen molar-refractivity contribution in [1.29, 1.82) is 0 Å². The predicted octanol–water partition coefficient (Wildman–Crippen LogP) is 2.12. The molecule has 0 aliphatic carbocycles. The molecule has 1 N–H and O–H groups in total. The van der Waals surface area contributed by atoms with E-state index < -0.39 is 0 Å². The number of likely N-dealkylation sites (tertiary alicyclic amines) is 1. The van der Waals surface area contributed by atoms with Gasteiger partial charge in [0.05, 0.1) is 13.7 Å². The number of aryl methyl sites for hydroxylation is 1. The minimum Gasteiger partial charge on any atom is -0.497 e. The quantitative estimate of drug-likeness (QED) is 0.870. The van der Waals surface area contributed by atoms with Crippen molar-refractivity contribution < 1.29 is 9.53 Å². The molecule has 1 amide bonds. The summed E-state index contributed by atoms with van der Waals surface area (Å²) in [7, 11) is 1.63. The molecular weight excluding hydrogens is 318 g/mol. The molecule has 1 aromatic heterocycles. The summed E-state index contributed by atoms with van der Waals surface area (Å²) in [6.07, 6.45) is 3.81. The molecular formula is C18H25N5O2. The maximum Gasteiger partial charge on any atom is 0.238 e. The number of anilines is 1. The molecule has 0 radical (unpaired) electrons. The lowest BCUT2D eigenvalue weighted by atomic mass is 9.96. The molecule has 7 nitrogen and oxygen atoms in total. The number of aromatic nitrogens is 3. The number of amides is 1. The third-order valence-corrected chi connectivity index (χ3v) is 4.68. The normalized spacial score (nSPS) is 15.9. The molecule has 1 aromatic carbocycles. The van der Waals surface area contributed by atoms with E-state index in [4.69, 9.17) is 4.74 Å². The van der Waals surface area contributed by atoms with Gasteiger partial charge in [0, 0.05) is 18.2 Å². The fourth-order valence-electron chi connectivity index (χ4n) is 3.25. The van der Waals surface area contributed by atoms with Gasteiger partial charge in [-0.3, -0.25) is 9.69 Å². The Bertz CT molecular complexity index is 690. The zero-order valence-electron chi connectivity index (χ0n) is 14.8. The van der Waals surface area contributed by atoms with Crippen molar-refractivity contribution in [3.8, 4) is 5.75 Å². The lowest BCUT2D eigenvalue weighted by Crippen LogP contribution is -2.39. The third kappa shape index (κ3) is 4.36. The maximum atomic E-state index is 12.2. The Labute approximate surface area is 148 Å². The standard InChI is InChI=1S/C18H25N5O2/c1-3-23-13-19-21-18(23)14-8-10-22(11-9-14)12-17(24)20-15-4-6-16(25-2)7-5-15/h4-7,13-14H,3,8-12H2,1-2H3,(H,20,24). The van der Waals surface area contributed by atoms with Crippen LogP contribution in [0.15, 0.2) is 30.6 Å². The highest BCUT2D eigenvalue weighted by atomic mass is 16.5. The van der Waals surface area contributed by atoms with Gasteiger partial charge in [-0.05, 0) is 57.1 Å². The van der Waals surface area contributed by atoms with Gasteiger partial charge < -0.3 is 14.6 Å². The SMILES string of the molecule is CCn1cnnc1C1CCN(CC(=O)Nc2ccc(OC)cc2)CC1. The molecule has 3 rings (SSSR count). The fraction of sp³-hybridized carbons (Fsp3) is 0.500. The number of nitrogens with zero attached hydrogens (tertiary/aromatic N) is 4. The first-order chi connectivity index (χ1) is 12.2. The minimum absolute atomic E-state index is 0.0142. The molecule has 134 valence electrons. The monoisotopic (exact) mass is 343 g/mol. The van der Waals surface area contributed by atoms with Crippen molar-refractivity contribution in [3.05, 3.63) is 36.4 Å². The van der Waals surface area contributed by atoms with Crippen LogP contribution in [0, 0.1) is 0 Å². The van der Waals surface area contributed by atoms with Gasteiger partial charge in [-0.1, -0.05) is 0 Å². The van der Waals surface area contributed by atoms with Crippen LogP contribution in [0.2, 0.25) is 0 Å². The van der Waals surface area contributed by atoms with E-state index in [0.29, 0.717) is 12.5 Å². The third-order valence-electron chi connectivity index (χ3n) is 4.68.